The van der Waals surface area contributed by atoms with Gasteiger partial charge in [0, 0.05) is 13.1 Å². The van der Waals surface area contributed by atoms with Crippen molar-refractivity contribution in [1.29, 1.82) is 0 Å². The van der Waals surface area contributed by atoms with Crippen LogP contribution in [-0.4, -0.2) is 61.2 Å². The number of carbonyl (C=O) groups is 1. The van der Waals surface area contributed by atoms with Gasteiger partial charge in [0.05, 0.1) is 5.41 Å². The van der Waals surface area contributed by atoms with E-state index in [4.69, 9.17) is 0 Å². The number of nitrogens with zero attached hydrogens (tertiary/aromatic N) is 2. The zero-order chi connectivity index (χ0) is 15.3. The molecule has 1 saturated heterocycles. The molecular weight excluding hydrogens is 264 g/mol. The number of carboxylic acid groups (broad SMARTS) is 1. The van der Waals surface area contributed by atoms with Gasteiger partial charge < -0.3 is 14.9 Å². The van der Waals surface area contributed by atoms with Crippen LogP contribution in [0.5, 0.6) is 0 Å². The number of aliphatic carboxylic acids is 1. The van der Waals surface area contributed by atoms with E-state index in [1.807, 2.05) is 0 Å². The predicted molar refractivity (Wildman–Crippen MR) is 85.5 cm³/mol. The minimum absolute atomic E-state index is 0.489. The molecule has 4 heteroatoms. The first-order valence-electron chi connectivity index (χ1n) is 8.62. The van der Waals surface area contributed by atoms with Gasteiger partial charge in [0.2, 0.25) is 0 Å². The molecule has 1 saturated carbocycles. The van der Waals surface area contributed by atoms with Gasteiger partial charge >= 0.3 is 5.97 Å². The summed E-state index contributed by atoms with van der Waals surface area (Å²) in [5, 5.41) is 9.77. The van der Waals surface area contributed by atoms with Crippen molar-refractivity contribution in [2.45, 2.75) is 51.4 Å². The maximum Gasteiger partial charge on any atom is 0.310 e. The number of rotatable bonds is 5. The molecule has 0 aromatic heterocycles. The molecule has 0 atom stereocenters. The van der Waals surface area contributed by atoms with E-state index in [9.17, 15) is 9.90 Å². The Balaban J connectivity index is 1.88. The van der Waals surface area contributed by atoms with Crippen LogP contribution in [0.25, 0.3) is 0 Å². The molecule has 122 valence electrons. The summed E-state index contributed by atoms with van der Waals surface area (Å²) in [6, 6.07) is 0. The molecule has 2 aliphatic rings. The molecule has 0 bridgehead atoms. The molecule has 2 fully saturated rings. The lowest BCUT2D eigenvalue weighted by Crippen LogP contribution is -2.44. The summed E-state index contributed by atoms with van der Waals surface area (Å²) >= 11 is 0. The van der Waals surface area contributed by atoms with E-state index < -0.39 is 11.4 Å². The van der Waals surface area contributed by atoms with Crippen molar-refractivity contribution < 1.29 is 9.90 Å². The van der Waals surface area contributed by atoms with Crippen LogP contribution in [0.3, 0.4) is 0 Å². The fraction of sp³-hybridized carbons (Fsp3) is 0.941. The van der Waals surface area contributed by atoms with Gasteiger partial charge in [0.1, 0.15) is 0 Å². The maximum absolute atomic E-state index is 11.9. The minimum Gasteiger partial charge on any atom is -0.481 e. The van der Waals surface area contributed by atoms with Crippen molar-refractivity contribution in [2.75, 3.05) is 40.3 Å². The third-order valence-corrected chi connectivity index (χ3v) is 5.49. The van der Waals surface area contributed by atoms with Crippen molar-refractivity contribution in [1.82, 2.24) is 9.80 Å². The van der Waals surface area contributed by atoms with E-state index in [1.165, 1.54) is 38.8 Å². The van der Waals surface area contributed by atoms with Crippen LogP contribution >= 0.6 is 0 Å². The third kappa shape index (κ3) is 4.68. The van der Waals surface area contributed by atoms with Crippen molar-refractivity contribution in [3.63, 3.8) is 0 Å². The highest BCUT2D eigenvalue weighted by atomic mass is 16.4. The van der Waals surface area contributed by atoms with Gasteiger partial charge in [-0.1, -0.05) is 25.7 Å². The molecule has 1 aliphatic heterocycles. The first kappa shape index (κ1) is 16.8. The SMILES string of the molecule is CN1CCC(CN(C)CC2(C(=O)O)CCCCCC2)CC1. The zero-order valence-electron chi connectivity index (χ0n) is 13.8. The van der Waals surface area contributed by atoms with E-state index >= 15 is 0 Å². The molecule has 4 nitrogen and oxygen atoms in total. The summed E-state index contributed by atoms with van der Waals surface area (Å²) in [7, 11) is 4.30. The Kier molecular flexibility index (Phi) is 6.06. The van der Waals surface area contributed by atoms with E-state index in [1.54, 1.807) is 0 Å². The molecule has 1 heterocycles. The fourth-order valence-electron chi connectivity index (χ4n) is 4.11. The number of piperidine rings is 1. The Morgan fingerprint density at radius 3 is 2.29 bits per heavy atom. The highest BCUT2D eigenvalue weighted by Crippen LogP contribution is 2.36. The largest absolute Gasteiger partial charge is 0.481 e. The Hall–Kier alpha value is -0.610. The normalized spacial score (nSPS) is 24.9. The molecular formula is C17H32N2O2. The van der Waals surface area contributed by atoms with Gasteiger partial charge in [-0.05, 0) is 58.8 Å². The van der Waals surface area contributed by atoms with Gasteiger partial charge in [-0.25, -0.2) is 0 Å². The minimum atomic E-state index is -0.570. The number of likely N-dealkylation sites (tertiary alicyclic amines) is 1. The van der Waals surface area contributed by atoms with Crippen molar-refractivity contribution >= 4 is 5.97 Å². The van der Waals surface area contributed by atoms with E-state index in [-0.39, 0.29) is 0 Å². The highest BCUT2D eigenvalue weighted by molar-refractivity contribution is 5.75. The molecule has 0 aromatic carbocycles. The lowest BCUT2D eigenvalue weighted by Gasteiger charge is -2.36. The topological polar surface area (TPSA) is 43.8 Å². The molecule has 1 N–H and O–H groups in total. The number of hydrogen-bond donors (Lipinski definition) is 1. The molecule has 0 amide bonds. The summed E-state index contributed by atoms with van der Waals surface area (Å²) in [4.78, 5) is 16.6. The maximum atomic E-state index is 11.9. The van der Waals surface area contributed by atoms with Crippen molar-refractivity contribution in [3.05, 3.63) is 0 Å². The Morgan fingerprint density at radius 2 is 1.76 bits per heavy atom. The van der Waals surface area contributed by atoms with Crippen LogP contribution < -0.4 is 0 Å². The predicted octanol–water partition coefficient (Wildman–Crippen LogP) is 2.69. The zero-order valence-corrected chi connectivity index (χ0v) is 13.8. The highest BCUT2D eigenvalue weighted by Gasteiger charge is 2.39. The fourth-order valence-corrected chi connectivity index (χ4v) is 4.11. The molecule has 21 heavy (non-hydrogen) atoms. The lowest BCUT2D eigenvalue weighted by molar-refractivity contribution is -0.151. The number of carboxylic acids is 1. The summed E-state index contributed by atoms with van der Waals surface area (Å²) in [6.45, 7) is 4.16. The summed E-state index contributed by atoms with van der Waals surface area (Å²) in [6.07, 6.45) is 8.78. The first-order chi connectivity index (χ1) is 10.0. The molecule has 0 aromatic rings. The molecule has 0 unspecified atom stereocenters. The molecule has 0 spiro atoms. The van der Waals surface area contributed by atoms with Crippen LogP contribution in [0.4, 0.5) is 0 Å². The molecule has 0 radical (unpaired) electrons. The van der Waals surface area contributed by atoms with Crippen LogP contribution in [0.1, 0.15) is 51.4 Å². The first-order valence-corrected chi connectivity index (χ1v) is 8.62. The average Bonchev–Trinajstić information content (AvgIpc) is 2.68. The third-order valence-electron chi connectivity index (χ3n) is 5.49. The Morgan fingerprint density at radius 1 is 1.19 bits per heavy atom. The van der Waals surface area contributed by atoms with Crippen LogP contribution in [0.15, 0.2) is 0 Å². The smallest absolute Gasteiger partial charge is 0.310 e. The second-order valence-corrected chi connectivity index (χ2v) is 7.44. The van der Waals surface area contributed by atoms with Gasteiger partial charge in [-0.3, -0.25) is 4.79 Å². The number of hydrogen-bond acceptors (Lipinski definition) is 3. The average molecular weight is 296 g/mol. The quantitative estimate of drug-likeness (QED) is 0.792. The lowest BCUT2D eigenvalue weighted by atomic mass is 9.79. The van der Waals surface area contributed by atoms with E-state index in [0.717, 1.165) is 44.7 Å². The monoisotopic (exact) mass is 296 g/mol. The van der Waals surface area contributed by atoms with Gasteiger partial charge in [0.25, 0.3) is 0 Å². The van der Waals surface area contributed by atoms with Crippen molar-refractivity contribution in [2.24, 2.45) is 11.3 Å². The summed E-state index contributed by atoms with van der Waals surface area (Å²) in [5.41, 5.74) is -0.489. The van der Waals surface area contributed by atoms with Gasteiger partial charge in [-0.2, -0.15) is 0 Å². The van der Waals surface area contributed by atoms with E-state index in [2.05, 4.69) is 23.9 Å². The Labute approximate surface area is 129 Å². The second-order valence-electron chi connectivity index (χ2n) is 7.44. The van der Waals surface area contributed by atoms with Crippen molar-refractivity contribution in [3.8, 4) is 0 Å². The van der Waals surface area contributed by atoms with E-state index in [0.29, 0.717) is 0 Å². The van der Waals surface area contributed by atoms with Gasteiger partial charge in [-0.15, -0.1) is 0 Å². The Bertz CT molecular complexity index is 330. The molecule has 1 aliphatic carbocycles. The molecule has 2 rings (SSSR count). The standard InChI is InChI=1S/C17H32N2O2/c1-18-11-7-15(8-12-18)13-19(2)14-17(16(20)21)9-5-3-4-6-10-17/h15H,3-14H2,1-2H3,(H,20,21). The van der Waals surface area contributed by atoms with Crippen LogP contribution in [-0.2, 0) is 4.79 Å². The second kappa shape index (κ2) is 7.59. The van der Waals surface area contributed by atoms with Gasteiger partial charge in [0.15, 0.2) is 0 Å². The summed E-state index contributed by atoms with van der Waals surface area (Å²) < 4.78 is 0. The van der Waals surface area contributed by atoms with Crippen LogP contribution in [0.2, 0.25) is 0 Å². The van der Waals surface area contributed by atoms with Crippen LogP contribution in [0, 0.1) is 11.3 Å². The summed E-state index contributed by atoms with van der Waals surface area (Å²) in [5.74, 6) is 0.169.